The van der Waals surface area contributed by atoms with Gasteiger partial charge in [0.05, 0.1) is 6.20 Å². The second kappa shape index (κ2) is 1.72. The summed E-state index contributed by atoms with van der Waals surface area (Å²) in [5.74, 6) is -0.512. The molecule has 50 valence electrons. The Morgan fingerprint density at radius 3 is 2.22 bits per heavy atom. The molecule has 3 nitrogen and oxygen atoms in total. The highest BCUT2D eigenvalue weighted by Gasteiger charge is 2.01. The summed E-state index contributed by atoms with van der Waals surface area (Å²) in [6, 6.07) is 0. The summed E-state index contributed by atoms with van der Waals surface area (Å²) < 4.78 is 14.5. The molecule has 0 bridgehead atoms. The predicted octanol–water partition coefficient (Wildman–Crippen LogP) is -0.137. The van der Waals surface area contributed by atoms with E-state index in [1.165, 1.54) is 18.7 Å². The Kier molecular flexibility index (Phi) is 1.16. The molecule has 0 radical (unpaired) electrons. The minimum absolute atomic E-state index is 0.340. The number of halogens is 1. The monoisotopic (exact) mass is 130 g/mol. The third-order valence-corrected chi connectivity index (χ3v) is 1.21. The van der Waals surface area contributed by atoms with Crippen molar-refractivity contribution in [1.29, 1.82) is 0 Å². The molecular formula is C5H7FN2O. The summed E-state index contributed by atoms with van der Waals surface area (Å²) in [6.45, 7) is 0. The van der Waals surface area contributed by atoms with Crippen LogP contribution in [0.25, 0.3) is 0 Å². The van der Waals surface area contributed by atoms with Crippen LogP contribution in [-0.2, 0) is 14.1 Å². The van der Waals surface area contributed by atoms with Crippen molar-refractivity contribution in [3.05, 3.63) is 22.6 Å². The van der Waals surface area contributed by atoms with Crippen LogP contribution in [0.5, 0.6) is 0 Å². The maximum Gasteiger partial charge on any atom is 0.329 e. The Bertz CT molecular complexity index is 273. The molecule has 0 aliphatic heterocycles. The largest absolute Gasteiger partial charge is 0.329 e. The Morgan fingerprint density at radius 1 is 1.56 bits per heavy atom. The molecule has 0 saturated carbocycles. The zero-order valence-corrected chi connectivity index (χ0v) is 5.26. The van der Waals surface area contributed by atoms with Crippen LogP contribution in [0.4, 0.5) is 4.39 Å². The van der Waals surface area contributed by atoms with Gasteiger partial charge in [0.15, 0.2) is 0 Å². The normalized spacial score (nSPS) is 10.1. The molecule has 0 atom stereocenters. The maximum absolute atomic E-state index is 12.3. The molecule has 1 rings (SSSR count). The van der Waals surface area contributed by atoms with E-state index in [2.05, 4.69) is 0 Å². The zero-order chi connectivity index (χ0) is 7.02. The molecule has 0 saturated heterocycles. The van der Waals surface area contributed by atoms with Crippen molar-refractivity contribution in [2.45, 2.75) is 0 Å². The second-order valence-electron chi connectivity index (χ2n) is 1.90. The SMILES string of the molecule is Cn1cc(F)n(C)c1=O. The van der Waals surface area contributed by atoms with Crippen molar-refractivity contribution >= 4 is 0 Å². The van der Waals surface area contributed by atoms with Crippen LogP contribution in [0.3, 0.4) is 0 Å². The number of imidazole rings is 1. The van der Waals surface area contributed by atoms with Crippen LogP contribution in [-0.4, -0.2) is 9.13 Å². The minimum atomic E-state index is -0.512. The molecule has 0 fully saturated rings. The smallest absolute Gasteiger partial charge is 0.299 e. The summed E-state index contributed by atoms with van der Waals surface area (Å²) in [4.78, 5) is 10.7. The molecule has 0 aliphatic carbocycles. The molecule has 0 aliphatic rings. The van der Waals surface area contributed by atoms with E-state index in [0.717, 1.165) is 10.8 Å². The average molecular weight is 130 g/mol. The third kappa shape index (κ3) is 0.759. The first-order valence-electron chi connectivity index (χ1n) is 2.51. The molecular weight excluding hydrogens is 123 g/mol. The standard InChI is InChI=1S/C5H7FN2O/c1-7-3-4(6)8(2)5(7)9/h3H,1-2H3. The maximum atomic E-state index is 12.3. The lowest BCUT2D eigenvalue weighted by molar-refractivity contribution is 0.528. The molecule has 4 heteroatoms. The van der Waals surface area contributed by atoms with Gasteiger partial charge in [-0.25, -0.2) is 4.79 Å². The van der Waals surface area contributed by atoms with E-state index in [1.807, 2.05) is 0 Å². The quantitative estimate of drug-likeness (QED) is 0.480. The van der Waals surface area contributed by atoms with E-state index in [9.17, 15) is 9.18 Å². The van der Waals surface area contributed by atoms with Crippen LogP contribution in [0.1, 0.15) is 0 Å². The molecule has 1 aromatic heterocycles. The van der Waals surface area contributed by atoms with Crippen molar-refractivity contribution in [1.82, 2.24) is 9.13 Å². The molecule has 0 unspecified atom stereocenters. The van der Waals surface area contributed by atoms with Gasteiger partial charge in [-0.05, 0) is 0 Å². The second-order valence-corrected chi connectivity index (χ2v) is 1.90. The average Bonchev–Trinajstić information content (AvgIpc) is 1.98. The predicted molar refractivity (Wildman–Crippen MR) is 30.6 cm³/mol. The van der Waals surface area contributed by atoms with Crippen LogP contribution < -0.4 is 5.69 Å². The summed E-state index contributed by atoms with van der Waals surface area (Å²) >= 11 is 0. The van der Waals surface area contributed by atoms with Crippen LogP contribution >= 0.6 is 0 Å². The Labute approximate surface area is 51.3 Å². The summed E-state index contributed by atoms with van der Waals surface area (Å²) in [7, 11) is 2.89. The third-order valence-electron chi connectivity index (χ3n) is 1.21. The van der Waals surface area contributed by atoms with Gasteiger partial charge in [-0.1, -0.05) is 0 Å². The fourth-order valence-corrected chi connectivity index (χ4v) is 0.630. The fourth-order valence-electron chi connectivity index (χ4n) is 0.630. The van der Waals surface area contributed by atoms with E-state index >= 15 is 0 Å². The van der Waals surface area contributed by atoms with Gasteiger partial charge < -0.3 is 0 Å². The molecule has 9 heavy (non-hydrogen) atoms. The van der Waals surface area contributed by atoms with Crippen molar-refractivity contribution in [2.75, 3.05) is 0 Å². The lowest BCUT2D eigenvalue weighted by Gasteiger charge is -1.84. The molecule has 1 heterocycles. The van der Waals surface area contributed by atoms with Gasteiger partial charge in [-0.2, -0.15) is 4.39 Å². The molecule has 0 N–H and O–H groups in total. The van der Waals surface area contributed by atoms with Crippen molar-refractivity contribution in [3.63, 3.8) is 0 Å². The van der Waals surface area contributed by atoms with Crippen molar-refractivity contribution in [2.24, 2.45) is 14.1 Å². The number of nitrogens with zero attached hydrogens (tertiary/aromatic N) is 2. The van der Waals surface area contributed by atoms with Gasteiger partial charge in [-0.15, -0.1) is 0 Å². The number of aromatic nitrogens is 2. The van der Waals surface area contributed by atoms with Crippen LogP contribution in [0.15, 0.2) is 11.0 Å². The van der Waals surface area contributed by atoms with Crippen LogP contribution in [0, 0.1) is 5.95 Å². The van der Waals surface area contributed by atoms with Gasteiger partial charge >= 0.3 is 5.69 Å². The Balaban J connectivity index is 3.48. The van der Waals surface area contributed by atoms with Crippen LogP contribution in [0.2, 0.25) is 0 Å². The summed E-state index contributed by atoms with van der Waals surface area (Å²) in [5, 5.41) is 0. The first-order valence-corrected chi connectivity index (χ1v) is 2.51. The summed E-state index contributed by atoms with van der Waals surface area (Å²) in [5.41, 5.74) is -0.340. The van der Waals surface area contributed by atoms with Gasteiger partial charge in [-0.3, -0.25) is 9.13 Å². The first kappa shape index (κ1) is 6.07. The highest BCUT2D eigenvalue weighted by Crippen LogP contribution is 1.87. The number of hydrogen-bond donors (Lipinski definition) is 0. The number of hydrogen-bond acceptors (Lipinski definition) is 1. The summed E-state index contributed by atoms with van der Waals surface area (Å²) in [6.07, 6.45) is 1.14. The van der Waals surface area contributed by atoms with E-state index < -0.39 is 5.95 Å². The lowest BCUT2D eigenvalue weighted by Crippen LogP contribution is -2.19. The lowest BCUT2D eigenvalue weighted by atomic mass is 10.8. The minimum Gasteiger partial charge on any atom is -0.299 e. The van der Waals surface area contributed by atoms with Gasteiger partial charge in [0.25, 0.3) is 0 Å². The van der Waals surface area contributed by atoms with E-state index in [-0.39, 0.29) is 5.69 Å². The molecule has 0 spiro atoms. The first-order chi connectivity index (χ1) is 4.13. The van der Waals surface area contributed by atoms with E-state index in [1.54, 1.807) is 0 Å². The Morgan fingerprint density at radius 2 is 2.11 bits per heavy atom. The zero-order valence-electron chi connectivity index (χ0n) is 5.26. The topological polar surface area (TPSA) is 26.9 Å². The molecule has 0 aromatic carbocycles. The fraction of sp³-hybridized carbons (Fsp3) is 0.400. The number of aryl methyl sites for hydroxylation is 1. The Hall–Kier alpha value is -1.06. The van der Waals surface area contributed by atoms with Gasteiger partial charge in [0, 0.05) is 14.1 Å². The van der Waals surface area contributed by atoms with E-state index in [4.69, 9.17) is 0 Å². The molecule has 1 aromatic rings. The van der Waals surface area contributed by atoms with Crippen molar-refractivity contribution in [3.8, 4) is 0 Å². The van der Waals surface area contributed by atoms with Gasteiger partial charge in [0.2, 0.25) is 5.95 Å². The van der Waals surface area contributed by atoms with E-state index in [0.29, 0.717) is 0 Å². The molecule has 0 amide bonds. The highest BCUT2D eigenvalue weighted by molar-refractivity contribution is 4.81. The highest BCUT2D eigenvalue weighted by atomic mass is 19.1. The van der Waals surface area contributed by atoms with Gasteiger partial charge in [0.1, 0.15) is 0 Å². The number of rotatable bonds is 0. The van der Waals surface area contributed by atoms with Crippen molar-refractivity contribution < 1.29 is 4.39 Å².